The summed E-state index contributed by atoms with van der Waals surface area (Å²) in [5, 5.41) is 14.4. The molecule has 0 bridgehead atoms. The number of hydrogen-bond acceptors (Lipinski definition) is 3. The van der Waals surface area contributed by atoms with Crippen LogP contribution in [0, 0.1) is 0 Å². The van der Waals surface area contributed by atoms with Crippen molar-refractivity contribution in [2.24, 2.45) is 10.9 Å². The Morgan fingerprint density at radius 1 is 1.47 bits per heavy atom. The lowest BCUT2D eigenvalue weighted by Gasteiger charge is -2.05. The molecule has 0 aliphatic carbocycles. The van der Waals surface area contributed by atoms with Crippen LogP contribution in [0.3, 0.4) is 0 Å². The third kappa shape index (κ3) is 4.31. The molecular formula is C10H14BrN3O. The van der Waals surface area contributed by atoms with Crippen LogP contribution in [0.4, 0.5) is 0 Å². The summed E-state index contributed by atoms with van der Waals surface area (Å²) in [6.45, 7) is 1.46. The monoisotopic (exact) mass is 271 g/mol. The molecule has 1 rings (SSSR count). The third-order valence-corrected chi connectivity index (χ3v) is 2.73. The predicted octanol–water partition coefficient (Wildman–Crippen LogP) is 1.68. The van der Waals surface area contributed by atoms with E-state index in [1.165, 1.54) is 5.56 Å². The molecule has 15 heavy (non-hydrogen) atoms. The molecule has 82 valence electrons. The van der Waals surface area contributed by atoms with Gasteiger partial charge in [0.1, 0.15) is 5.84 Å². The summed E-state index contributed by atoms with van der Waals surface area (Å²) in [5.74, 6) is 0.245. The molecule has 5 heteroatoms. The standard InChI is InChI=1S/C10H14BrN3O/c11-9-4-2-1-3-8(9)7-13-6-5-10(12)14-15/h1-4,13,15H,5-7H2,(H2,12,14). The van der Waals surface area contributed by atoms with E-state index in [9.17, 15) is 0 Å². The Labute approximate surface area is 97.3 Å². The highest BCUT2D eigenvalue weighted by Gasteiger charge is 1.98. The summed E-state index contributed by atoms with van der Waals surface area (Å²) < 4.78 is 1.08. The fourth-order valence-electron chi connectivity index (χ4n) is 1.13. The Morgan fingerprint density at radius 3 is 2.87 bits per heavy atom. The van der Waals surface area contributed by atoms with Crippen molar-refractivity contribution in [3.63, 3.8) is 0 Å². The van der Waals surface area contributed by atoms with Crippen LogP contribution in [-0.2, 0) is 6.54 Å². The maximum Gasteiger partial charge on any atom is 0.140 e. The van der Waals surface area contributed by atoms with Gasteiger partial charge < -0.3 is 16.3 Å². The van der Waals surface area contributed by atoms with Crippen molar-refractivity contribution in [2.45, 2.75) is 13.0 Å². The van der Waals surface area contributed by atoms with Crippen LogP contribution in [0.2, 0.25) is 0 Å². The Hall–Kier alpha value is -1.07. The molecule has 0 unspecified atom stereocenters. The topological polar surface area (TPSA) is 70.6 Å². The molecule has 0 radical (unpaired) electrons. The molecule has 1 aromatic rings. The van der Waals surface area contributed by atoms with E-state index in [-0.39, 0.29) is 5.84 Å². The van der Waals surface area contributed by atoms with E-state index in [4.69, 9.17) is 10.9 Å². The van der Waals surface area contributed by atoms with Gasteiger partial charge in [-0.1, -0.05) is 39.3 Å². The molecule has 1 aromatic carbocycles. The average molecular weight is 272 g/mol. The molecular weight excluding hydrogens is 258 g/mol. The smallest absolute Gasteiger partial charge is 0.140 e. The van der Waals surface area contributed by atoms with Crippen molar-refractivity contribution < 1.29 is 5.21 Å². The lowest BCUT2D eigenvalue weighted by Crippen LogP contribution is -2.22. The number of rotatable bonds is 5. The second-order valence-electron chi connectivity index (χ2n) is 3.11. The Bertz CT molecular complexity index is 341. The number of hydrogen-bond donors (Lipinski definition) is 3. The Kier molecular flexibility index (Phi) is 5.14. The van der Waals surface area contributed by atoms with Gasteiger partial charge in [0, 0.05) is 24.0 Å². The number of benzene rings is 1. The lowest BCUT2D eigenvalue weighted by atomic mass is 10.2. The molecule has 0 amide bonds. The molecule has 0 spiro atoms. The molecule has 0 saturated heterocycles. The van der Waals surface area contributed by atoms with Crippen LogP contribution in [0.25, 0.3) is 0 Å². The predicted molar refractivity (Wildman–Crippen MR) is 63.9 cm³/mol. The van der Waals surface area contributed by atoms with Crippen molar-refractivity contribution in [1.82, 2.24) is 5.32 Å². The van der Waals surface area contributed by atoms with Crippen molar-refractivity contribution in [2.75, 3.05) is 6.54 Å². The fraction of sp³-hybridized carbons (Fsp3) is 0.300. The van der Waals surface area contributed by atoms with Crippen LogP contribution in [-0.4, -0.2) is 17.6 Å². The second-order valence-corrected chi connectivity index (χ2v) is 3.96. The average Bonchev–Trinajstić information content (AvgIpc) is 2.26. The maximum atomic E-state index is 8.32. The second kappa shape index (κ2) is 6.42. The number of halogens is 1. The zero-order chi connectivity index (χ0) is 11.1. The molecule has 0 saturated carbocycles. The fourth-order valence-corrected chi connectivity index (χ4v) is 1.56. The summed E-state index contributed by atoms with van der Waals surface area (Å²) in [6, 6.07) is 8.01. The zero-order valence-corrected chi connectivity index (χ0v) is 9.87. The molecule has 0 fully saturated rings. The minimum atomic E-state index is 0.245. The van der Waals surface area contributed by atoms with Gasteiger partial charge in [0.05, 0.1) is 0 Å². The van der Waals surface area contributed by atoms with Gasteiger partial charge in [0.15, 0.2) is 0 Å². The third-order valence-electron chi connectivity index (χ3n) is 1.96. The summed E-state index contributed by atoms with van der Waals surface area (Å²) in [7, 11) is 0. The molecule has 0 aliphatic rings. The first-order chi connectivity index (χ1) is 7.24. The largest absolute Gasteiger partial charge is 0.409 e. The van der Waals surface area contributed by atoms with Gasteiger partial charge in [-0.25, -0.2) is 0 Å². The molecule has 0 heterocycles. The molecule has 0 atom stereocenters. The minimum absolute atomic E-state index is 0.245. The SMILES string of the molecule is NC(CCNCc1ccccc1Br)=NO. The first kappa shape index (κ1) is 12.0. The number of nitrogens with zero attached hydrogens (tertiary/aromatic N) is 1. The Balaban J connectivity index is 2.29. The minimum Gasteiger partial charge on any atom is -0.409 e. The molecule has 4 nitrogen and oxygen atoms in total. The summed E-state index contributed by atoms with van der Waals surface area (Å²) in [5.41, 5.74) is 6.52. The van der Waals surface area contributed by atoms with E-state index in [2.05, 4.69) is 26.4 Å². The molecule has 0 aliphatic heterocycles. The zero-order valence-electron chi connectivity index (χ0n) is 8.28. The van der Waals surface area contributed by atoms with Crippen LogP contribution in [0.15, 0.2) is 33.9 Å². The van der Waals surface area contributed by atoms with Gasteiger partial charge in [0.25, 0.3) is 0 Å². The van der Waals surface area contributed by atoms with Crippen molar-refractivity contribution in [1.29, 1.82) is 0 Å². The van der Waals surface area contributed by atoms with E-state index in [1.807, 2.05) is 24.3 Å². The highest BCUT2D eigenvalue weighted by atomic mass is 79.9. The van der Waals surface area contributed by atoms with Crippen molar-refractivity contribution in [3.05, 3.63) is 34.3 Å². The van der Waals surface area contributed by atoms with Crippen LogP contribution in [0.5, 0.6) is 0 Å². The summed E-state index contributed by atoms with van der Waals surface area (Å²) in [6.07, 6.45) is 0.543. The number of amidine groups is 1. The van der Waals surface area contributed by atoms with Crippen LogP contribution >= 0.6 is 15.9 Å². The first-order valence-corrected chi connectivity index (χ1v) is 5.44. The summed E-state index contributed by atoms with van der Waals surface area (Å²) in [4.78, 5) is 0. The first-order valence-electron chi connectivity index (χ1n) is 4.64. The van der Waals surface area contributed by atoms with Crippen molar-refractivity contribution in [3.8, 4) is 0 Å². The lowest BCUT2D eigenvalue weighted by molar-refractivity contribution is 0.316. The van der Waals surface area contributed by atoms with Crippen LogP contribution in [0.1, 0.15) is 12.0 Å². The highest BCUT2D eigenvalue weighted by Crippen LogP contribution is 2.15. The maximum absolute atomic E-state index is 8.32. The normalized spacial score (nSPS) is 11.7. The summed E-state index contributed by atoms with van der Waals surface area (Å²) >= 11 is 3.46. The number of nitrogens with two attached hydrogens (primary N) is 1. The highest BCUT2D eigenvalue weighted by molar-refractivity contribution is 9.10. The quantitative estimate of drug-likeness (QED) is 0.251. The van der Waals surface area contributed by atoms with Gasteiger partial charge in [-0.15, -0.1) is 0 Å². The van der Waals surface area contributed by atoms with Gasteiger partial charge in [-0.05, 0) is 11.6 Å². The van der Waals surface area contributed by atoms with E-state index in [0.29, 0.717) is 13.0 Å². The van der Waals surface area contributed by atoms with Crippen LogP contribution < -0.4 is 11.1 Å². The Morgan fingerprint density at radius 2 is 2.20 bits per heavy atom. The van der Waals surface area contributed by atoms with Gasteiger partial charge >= 0.3 is 0 Å². The van der Waals surface area contributed by atoms with E-state index < -0.39 is 0 Å². The van der Waals surface area contributed by atoms with Crippen molar-refractivity contribution >= 4 is 21.8 Å². The van der Waals surface area contributed by atoms with E-state index >= 15 is 0 Å². The molecule has 4 N–H and O–H groups in total. The van der Waals surface area contributed by atoms with Gasteiger partial charge in [-0.2, -0.15) is 0 Å². The van der Waals surface area contributed by atoms with Gasteiger partial charge in [-0.3, -0.25) is 0 Å². The van der Waals surface area contributed by atoms with E-state index in [0.717, 1.165) is 11.0 Å². The molecule has 0 aromatic heterocycles. The van der Waals surface area contributed by atoms with Gasteiger partial charge in [0.2, 0.25) is 0 Å². The number of nitrogens with one attached hydrogen (secondary N) is 1. The number of oxime groups is 1. The van der Waals surface area contributed by atoms with E-state index in [1.54, 1.807) is 0 Å².